The van der Waals surface area contributed by atoms with Gasteiger partial charge in [-0.2, -0.15) is 0 Å². The molecule has 21 heavy (non-hydrogen) atoms. The first kappa shape index (κ1) is 14.0. The number of allylic oxidation sites excluding steroid dienone is 1. The van der Waals surface area contributed by atoms with Crippen LogP contribution in [0.4, 0.5) is 0 Å². The molecule has 0 radical (unpaired) electrons. The van der Waals surface area contributed by atoms with Crippen molar-refractivity contribution in [2.45, 2.75) is 13.3 Å². The topological polar surface area (TPSA) is 28.3 Å². The first-order chi connectivity index (χ1) is 10.3. The molecule has 1 aromatic carbocycles. The van der Waals surface area contributed by atoms with Crippen molar-refractivity contribution in [2.75, 3.05) is 26.7 Å². The maximum atomic E-state index is 5.43. The molecule has 0 saturated carbocycles. The molecule has 0 saturated heterocycles. The minimum Gasteiger partial charge on any atom is -0.500 e. The molecular formula is C18H22N2O. The van der Waals surface area contributed by atoms with E-state index in [0.717, 1.165) is 31.8 Å². The van der Waals surface area contributed by atoms with E-state index < -0.39 is 0 Å². The Kier molecular flexibility index (Phi) is 4.11. The number of methoxy groups -OCH3 is 1. The molecule has 0 fully saturated rings. The van der Waals surface area contributed by atoms with Crippen LogP contribution in [0.5, 0.6) is 0 Å². The predicted octanol–water partition coefficient (Wildman–Crippen LogP) is 3.50. The maximum Gasteiger partial charge on any atom is 0.110 e. The van der Waals surface area contributed by atoms with Crippen molar-refractivity contribution in [1.29, 1.82) is 0 Å². The van der Waals surface area contributed by atoms with Crippen molar-refractivity contribution in [2.24, 2.45) is 0 Å². The summed E-state index contributed by atoms with van der Waals surface area (Å²) in [5.41, 5.74) is 3.94. The Morgan fingerprint density at radius 3 is 2.95 bits per heavy atom. The van der Waals surface area contributed by atoms with Gasteiger partial charge >= 0.3 is 0 Å². The molecule has 1 aliphatic rings. The lowest BCUT2D eigenvalue weighted by Crippen LogP contribution is -2.33. The third kappa shape index (κ3) is 3.03. The SMILES string of the molecule is C/C=C1/C=C(OC)CN(CCc2c[nH]c3ccccc23)C1. The fourth-order valence-corrected chi connectivity index (χ4v) is 2.91. The average molecular weight is 282 g/mol. The van der Waals surface area contributed by atoms with Crippen LogP contribution in [0.1, 0.15) is 12.5 Å². The minimum atomic E-state index is 0.899. The second kappa shape index (κ2) is 6.19. The van der Waals surface area contributed by atoms with Crippen molar-refractivity contribution >= 4 is 10.9 Å². The fraction of sp³-hybridized carbons (Fsp3) is 0.333. The summed E-state index contributed by atoms with van der Waals surface area (Å²) in [5, 5.41) is 1.34. The molecule has 1 aromatic heterocycles. The van der Waals surface area contributed by atoms with Crippen molar-refractivity contribution < 1.29 is 4.74 Å². The average Bonchev–Trinajstić information content (AvgIpc) is 2.95. The van der Waals surface area contributed by atoms with Crippen LogP contribution in [0, 0.1) is 0 Å². The molecular weight excluding hydrogens is 260 g/mol. The molecule has 0 amide bonds. The molecule has 0 spiro atoms. The number of benzene rings is 1. The van der Waals surface area contributed by atoms with Gasteiger partial charge in [-0.15, -0.1) is 0 Å². The number of aromatic amines is 1. The van der Waals surface area contributed by atoms with Crippen molar-refractivity contribution in [3.8, 4) is 0 Å². The van der Waals surface area contributed by atoms with Crippen LogP contribution in [-0.2, 0) is 11.2 Å². The van der Waals surface area contributed by atoms with E-state index in [9.17, 15) is 0 Å². The molecule has 0 aliphatic carbocycles. The Bertz CT molecular complexity index is 681. The van der Waals surface area contributed by atoms with E-state index in [1.807, 2.05) is 0 Å². The monoisotopic (exact) mass is 282 g/mol. The number of hydrogen-bond acceptors (Lipinski definition) is 2. The van der Waals surface area contributed by atoms with E-state index >= 15 is 0 Å². The van der Waals surface area contributed by atoms with Gasteiger partial charge in [0.1, 0.15) is 5.76 Å². The number of H-pyrrole nitrogens is 1. The molecule has 3 nitrogen and oxygen atoms in total. The van der Waals surface area contributed by atoms with Crippen molar-refractivity contribution in [1.82, 2.24) is 9.88 Å². The van der Waals surface area contributed by atoms with Gasteiger partial charge in [0.15, 0.2) is 0 Å². The summed E-state index contributed by atoms with van der Waals surface area (Å²) >= 11 is 0. The Balaban J connectivity index is 1.69. The van der Waals surface area contributed by atoms with Crippen LogP contribution in [0.25, 0.3) is 10.9 Å². The van der Waals surface area contributed by atoms with Crippen LogP contribution in [0.15, 0.2) is 53.9 Å². The van der Waals surface area contributed by atoms with Gasteiger partial charge in [0.25, 0.3) is 0 Å². The van der Waals surface area contributed by atoms with Crippen LogP contribution in [0.3, 0.4) is 0 Å². The number of hydrogen-bond donors (Lipinski definition) is 1. The van der Waals surface area contributed by atoms with Crippen molar-refractivity contribution in [3.63, 3.8) is 0 Å². The first-order valence-electron chi connectivity index (χ1n) is 7.47. The van der Waals surface area contributed by atoms with Gasteiger partial charge in [-0.05, 0) is 36.6 Å². The minimum absolute atomic E-state index is 0.899. The number of nitrogens with zero attached hydrogens (tertiary/aromatic N) is 1. The number of ether oxygens (including phenoxy) is 1. The molecule has 3 rings (SSSR count). The van der Waals surface area contributed by atoms with E-state index in [1.54, 1.807) is 7.11 Å². The van der Waals surface area contributed by atoms with E-state index in [2.05, 4.69) is 59.4 Å². The van der Waals surface area contributed by atoms with Gasteiger partial charge < -0.3 is 9.72 Å². The Labute approximate surface area is 125 Å². The van der Waals surface area contributed by atoms with Crippen molar-refractivity contribution in [3.05, 3.63) is 59.5 Å². The van der Waals surface area contributed by atoms with Gasteiger partial charge in [0, 0.05) is 30.2 Å². The first-order valence-corrected chi connectivity index (χ1v) is 7.47. The Hall–Kier alpha value is -2.00. The fourth-order valence-electron chi connectivity index (χ4n) is 2.91. The molecule has 0 unspecified atom stereocenters. The lowest BCUT2D eigenvalue weighted by atomic mass is 10.1. The van der Waals surface area contributed by atoms with E-state index in [-0.39, 0.29) is 0 Å². The highest BCUT2D eigenvalue weighted by atomic mass is 16.5. The summed E-state index contributed by atoms with van der Waals surface area (Å²) in [6, 6.07) is 8.49. The zero-order valence-corrected chi connectivity index (χ0v) is 12.7. The van der Waals surface area contributed by atoms with Gasteiger partial charge in [0.05, 0.1) is 13.7 Å². The predicted molar refractivity (Wildman–Crippen MR) is 87.3 cm³/mol. The number of nitrogens with one attached hydrogen (secondary N) is 1. The summed E-state index contributed by atoms with van der Waals surface area (Å²) in [6.45, 7) is 5.03. The summed E-state index contributed by atoms with van der Waals surface area (Å²) in [4.78, 5) is 5.79. The number of rotatable bonds is 4. The van der Waals surface area contributed by atoms with E-state index in [0.29, 0.717) is 0 Å². The third-order valence-electron chi connectivity index (χ3n) is 4.14. The smallest absolute Gasteiger partial charge is 0.110 e. The van der Waals surface area contributed by atoms with Crippen LogP contribution in [-0.4, -0.2) is 36.6 Å². The van der Waals surface area contributed by atoms with Gasteiger partial charge in [0.2, 0.25) is 0 Å². The summed E-state index contributed by atoms with van der Waals surface area (Å²) in [6.07, 6.45) is 7.51. The summed E-state index contributed by atoms with van der Waals surface area (Å²) in [7, 11) is 1.75. The summed E-state index contributed by atoms with van der Waals surface area (Å²) < 4.78 is 5.43. The zero-order chi connectivity index (χ0) is 14.7. The molecule has 0 bridgehead atoms. The highest BCUT2D eigenvalue weighted by Gasteiger charge is 2.16. The maximum absolute atomic E-state index is 5.43. The van der Waals surface area contributed by atoms with E-state index in [1.165, 1.54) is 22.0 Å². The molecule has 1 N–H and O–H groups in total. The Morgan fingerprint density at radius 1 is 1.29 bits per heavy atom. The third-order valence-corrected chi connectivity index (χ3v) is 4.14. The normalized spacial score (nSPS) is 18.2. The highest BCUT2D eigenvalue weighted by Crippen LogP contribution is 2.20. The number of fused-ring (bicyclic) bond motifs is 1. The lowest BCUT2D eigenvalue weighted by molar-refractivity contribution is 0.213. The second-order valence-corrected chi connectivity index (χ2v) is 5.50. The molecule has 1 aliphatic heterocycles. The second-order valence-electron chi connectivity index (χ2n) is 5.50. The van der Waals surface area contributed by atoms with Crippen LogP contribution < -0.4 is 0 Å². The van der Waals surface area contributed by atoms with Crippen LogP contribution >= 0.6 is 0 Å². The quantitative estimate of drug-likeness (QED) is 0.929. The molecule has 110 valence electrons. The molecule has 0 atom stereocenters. The highest BCUT2D eigenvalue weighted by molar-refractivity contribution is 5.83. The van der Waals surface area contributed by atoms with Gasteiger partial charge in [-0.25, -0.2) is 0 Å². The number of para-hydroxylation sites is 1. The molecule has 2 aromatic rings. The number of aromatic nitrogens is 1. The molecule has 2 heterocycles. The van der Waals surface area contributed by atoms with Gasteiger partial charge in [-0.3, -0.25) is 4.90 Å². The lowest BCUT2D eigenvalue weighted by Gasteiger charge is -2.27. The zero-order valence-electron chi connectivity index (χ0n) is 12.7. The standard InChI is InChI=1S/C18H22N2O/c1-3-14-10-16(21-2)13-20(12-14)9-8-15-11-19-18-7-5-4-6-17(15)18/h3-7,10-11,19H,8-9,12-13H2,1-2H3/b14-3-. The van der Waals surface area contributed by atoms with Crippen LogP contribution in [0.2, 0.25) is 0 Å². The Morgan fingerprint density at radius 2 is 2.14 bits per heavy atom. The molecule has 3 heteroatoms. The summed E-state index contributed by atoms with van der Waals surface area (Å²) in [5.74, 6) is 1.05. The van der Waals surface area contributed by atoms with E-state index in [4.69, 9.17) is 4.74 Å². The largest absolute Gasteiger partial charge is 0.500 e. The van der Waals surface area contributed by atoms with Gasteiger partial charge in [-0.1, -0.05) is 24.3 Å².